The molecule has 1 aliphatic rings. The molecule has 1 nitrogen and oxygen atoms in total. The third kappa shape index (κ3) is 4.57. The lowest BCUT2D eigenvalue weighted by molar-refractivity contribution is 0.0675. The van der Waals surface area contributed by atoms with E-state index in [1.54, 1.807) is 0 Å². The van der Waals surface area contributed by atoms with E-state index in [9.17, 15) is 5.11 Å². The molecule has 1 N–H and O–H groups in total. The highest BCUT2D eigenvalue weighted by Crippen LogP contribution is 2.35. The normalized spacial score (nSPS) is 24.5. The van der Waals surface area contributed by atoms with E-state index in [-0.39, 0.29) is 6.10 Å². The van der Waals surface area contributed by atoms with Crippen molar-refractivity contribution in [3.63, 3.8) is 0 Å². The molecule has 0 spiro atoms. The van der Waals surface area contributed by atoms with E-state index in [2.05, 4.69) is 52.0 Å². The zero-order valence-corrected chi connectivity index (χ0v) is 14.2. The fourth-order valence-electron chi connectivity index (χ4n) is 3.64. The van der Waals surface area contributed by atoms with Crippen molar-refractivity contribution in [3.8, 4) is 0 Å². The highest BCUT2D eigenvalue weighted by Gasteiger charge is 2.27. The minimum Gasteiger partial charge on any atom is -0.392 e. The van der Waals surface area contributed by atoms with E-state index >= 15 is 0 Å². The van der Waals surface area contributed by atoms with Crippen molar-refractivity contribution in [1.82, 2.24) is 0 Å². The van der Waals surface area contributed by atoms with E-state index in [0.717, 1.165) is 18.3 Å². The molecule has 1 unspecified atom stereocenters. The fourth-order valence-corrected chi connectivity index (χ4v) is 3.64. The van der Waals surface area contributed by atoms with E-state index < -0.39 is 0 Å². The van der Waals surface area contributed by atoms with Crippen LogP contribution in [0.2, 0.25) is 0 Å². The lowest BCUT2D eigenvalue weighted by Gasteiger charge is -2.33. The van der Waals surface area contributed by atoms with Crippen LogP contribution in [0.25, 0.3) is 0 Å². The van der Waals surface area contributed by atoms with Crippen LogP contribution in [-0.2, 0) is 6.42 Å². The molecule has 0 aliphatic heterocycles. The Hall–Kier alpha value is -0.820. The first-order chi connectivity index (χ1) is 9.97. The van der Waals surface area contributed by atoms with Crippen LogP contribution in [0.15, 0.2) is 24.3 Å². The average molecular weight is 288 g/mol. The van der Waals surface area contributed by atoms with E-state index in [4.69, 9.17) is 0 Å². The van der Waals surface area contributed by atoms with Gasteiger partial charge in [0.1, 0.15) is 0 Å². The second-order valence-corrected chi connectivity index (χ2v) is 7.59. The van der Waals surface area contributed by atoms with Crippen LogP contribution in [0.5, 0.6) is 0 Å². The highest BCUT2D eigenvalue weighted by atomic mass is 16.3. The van der Waals surface area contributed by atoms with Crippen molar-refractivity contribution in [1.29, 1.82) is 0 Å². The van der Waals surface area contributed by atoms with Gasteiger partial charge in [-0.1, -0.05) is 52.0 Å². The molecule has 0 heterocycles. The number of aliphatic hydroxyl groups excluding tert-OH is 1. The molecule has 0 saturated heterocycles. The maximum atomic E-state index is 10.5. The van der Waals surface area contributed by atoms with E-state index in [0.29, 0.717) is 11.8 Å². The van der Waals surface area contributed by atoms with Gasteiger partial charge in [-0.2, -0.15) is 0 Å². The summed E-state index contributed by atoms with van der Waals surface area (Å²) in [5.41, 5.74) is 2.66. The van der Waals surface area contributed by atoms with E-state index in [1.165, 1.54) is 36.8 Å². The Labute approximate surface area is 130 Å². The summed E-state index contributed by atoms with van der Waals surface area (Å²) in [4.78, 5) is 0. The molecule has 1 atom stereocenters. The summed E-state index contributed by atoms with van der Waals surface area (Å²) in [6.45, 7) is 9.10. The van der Waals surface area contributed by atoms with Gasteiger partial charge in [0.25, 0.3) is 0 Å². The lowest BCUT2D eigenvalue weighted by Crippen LogP contribution is -2.28. The third-order valence-electron chi connectivity index (χ3n) is 5.39. The topological polar surface area (TPSA) is 20.2 Å². The van der Waals surface area contributed by atoms with Crippen LogP contribution in [0.3, 0.4) is 0 Å². The van der Waals surface area contributed by atoms with Gasteiger partial charge in [-0.3, -0.25) is 0 Å². The molecule has 1 fully saturated rings. The van der Waals surface area contributed by atoms with Gasteiger partial charge in [0, 0.05) is 0 Å². The van der Waals surface area contributed by atoms with Gasteiger partial charge < -0.3 is 5.11 Å². The smallest absolute Gasteiger partial charge is 0.0608 e. The van der Waals surface area contributed by atoms with Crippen LogP contribution in [0.1, 0.15) is 70.4 Å². The van der Waals surface area contributed by atoms with Crippen molar-refractivity contribution in [3.05, 3.63) is 35.4 Å². The van der Waals surface area contributed by atoms with Crippen LogP contribution in [-0.4, -0.2) is 11.2 Å². The molecule has 0 amide bonds. The largest absolute Gasteiger partial charge is 0.392 e. The van der Waals surface area contributed by atoms with Gasteiger partial charge in [-0.05, 0) is 66.9 Å². The molecule has 1 aliphatic carbocycles. The number of hydrogen-bond donors (Lipinski definition) is 1. The molecule has 0 radical (unpaired) electrons. The van der Waals surface area contributed by atoms with Crippen molar-refractivity contribution in [2.75, 3.05) is 0 Å². The Morgan fingerprint density at radius 1 is 0.905 bits per heavy atom. The molecule has 2 rings (SSSR count). The minimum absolute atomic E-state index is 0.164. The monoisotopic (exact) mass is 288 g/mol. The molecular weight excluding hydrogens is 256 g/mol. The Bertz CT molecular complexity index is 410. The molecule has 1 heteroatoms. The third-order valence-corrected chi connectivity index (χ3v) is 5.39. The fraction of sp³-hybridized carbons (Fsp3) is 0.700. The second-order valence-electron chi connectivity index (χ2n) is 7.59. The summed E-state index contributed by atoms with van der Waals surface area (Å²) in [5.74, 6) is 2.76. The Morgan fingerprint density at radius 3 is 1.90 bits per heavy atom. The summed E-state index contributed by atoms with van der Waals surface area (Å²) in [7, 11) is 0. The van der Waals surface area contributed by atoms with E-state index in [1.807, 2.05) is 0 Å². The van der Waals surface area contributed by atoms with Gasteiger partial charge >= 0.3 is 0 Å². The zero-order chi connectivity index (χ0) is 15.4. The van der Waals surface area contributed by atoms with Gasteiger partial charge in [0.15, 0.2) is 0 Å². The van der Waals surface area contributed by atoms with Crippen LogP contribution in [0.4, 0.5) is 0 Å². The van der Waals surface area contributed by atoms with Gasteiger partial charge in [0.05, 0.1) is 6.10 Å². The first kappa shape index (κ1) is 16.5. The summed E-state index contributed by atoms with van der Waals surface area (Å²) in [6.07, 6.45) is 5.65. The number of aliphatic hydroxyl groups is 1. The summed E-state index contributed by atoms with van der Waals surface area (Å²) in [5, 5.41) is 10.5. The van der Waals surface area contributed by atoms with Gasteiger partial charge in [-0.25, -0.2) is 0 Å². The molecule has 0 bridgehead atoms. The molecule has 1 aromatic carbocycles. The van der Waals surface area contributed by atoms with Crippen LogP contribution in [0, 0.1) is 17.8 Å². The molecule has 0 aromatic heterocycles. The number of rotatable bonds is 5. The summed E-state index contributed by atoms with van der Waals surface area (Å²) < 4.78 is 0. The maximum absolute atomic E-state index is 10.5. The van der Waals surface area contributed by atoms with Crippen molar-refractivity contribution in [2.24, 2.45) is 17.8 Å². The van der Waals surface area contributed by atoms with Gasteiger partial charge in [-0.15, -0.1) is 0 Å². The van der Waals surface area contributed by atoms with Crippen molar-refractivity contribution >= 4 is 0 Å². The Morgan fingerprint density at radius 2 is 1.43 bits per heavy atom. The average Bonchev–Trinajstić information content (AvgIpc) is 2.47. The summed E-state index contributed by atoms with van der Waals surface area (Å²) >= 11 is 0. The lowest BCUT2D eigenvalue weighted by atomic mass is 9.74. The Balaban J connectivity index is 1.85. The second kappa shape index (κ2) is 7.45. The van der Waals surface area contributed by atoms with Crippen LogP contribution >= 0.6 is 0 Å². The minimum atomic E-state index is -0.164. The molecule has 118 valence electrons. The van der Waals surface area contributed by atoms with Crippen molar-refractivity contribution < 1.29 is 5.11 Å². The number of benzene rings is 1. The predicted octanol–water partition coefficient (Wildman–Crippen LogP) is 5.18. The first-order valence-electron chi connectivity index (χ1n) is 8.74. The molecule has 1 aromatic rings. The quantitative estimate of drug-likeness (QED) is 0.792. The molecule has 21 heavy (non-hydrogen) atoms. The number of hydrogen-bond acceptors (Lipinski definition) is 1. The first-order valence-corrected chi connectivity index (χ1v) is 8.74. The van der Waals surface area contributed by atoms with Gasteiger partial charge in [0.2, 0.25) is 0 Å². The molecule has 1 saturated carbocycles. The van der Waals surface area contributed by atoms with Crippen molar-refractivity contribution in [2.45, 2.75) is 71.8 Å². The van der Waals surface area contributed by atoms with Crippen LogP contribution < -0.4 is 0 Å². The highest BCUT2D eigenvalue weighted by molar-refractivity contribution is 5.25. The SMILES string of the molecule is CC(C)c1ccc(CC(O)C2CCC(C(C)C)CC2)cc1. The zero-order valence-electron chi connectivity index (χ0n) is 14.2. The predicted molar refractivity (Wildman–Crippen MR) is 90.5 cm³/mol. The molecular formula is C20H32O. The summed E-state index contributed by atoms with van der Waals surface area (Å²) in [6, 6.07) is 8.81. The maximum Gasteiger partial charge on any atom is 0.0608 e. The Kier molecular flexibility index (Phi) is 5.87. The standard InChI is InChI=1S/C20H32O/c1-14(2)17-7-5-16(6-8-17)13-20(21)19-11-9-18(10-12-19)15(3)4/h5-8,14-15,18-21H,9-13H2,1-4H3.